The molecule has 0 spiro atoms. The van der Waals surface area contributed by atoms with Gasteiger partial charge >= 0.3 is 0 Å². The molecule has 0 saturated heterocycles. The van der Waals surface area contributed by atoms with Crippen LogP contribution < -0.4 is 10.9 Å². The second-order valence-electron chi connectivity index (χ2n) is 4.86. The average Bonchev–Trinajstić information content (AvgIpc) is 2.87. The van der Waals surface area contributed by atoms with Crippen LogP contribution >= 0.6 is 15.9 Å². The Balaban J connectivity index is 1.83. The highest BCUT2D eigenvalue weighted by Crippen LogP contribution is 2.22. The van der Waals surface area contributed by atoms with Crippen LogP contribution in [0.5, 0.6) is 0 Å². The summed E-state index contributed by atoms with van der Waals surface area (Å²) < 4.78 is 16.1. The average molecular weight is 380 g/mol. The number of aromatic nitrogens is 4. The van der Waals surface area contributed by atoms with Crippen molar-refractivity contribution in [3.05, 3.63) is 51.4 Å². The number of nitrogens with zero attached hydrogens (tertiary/aromatic N) is 4. The Labute approximate surface area is 137 Å². The van der Waals surface area contributed by atoms with Crippen molar-refractivity contribution in [1.82, 2.24) is 19.3 Å². The maximum Gasteiger partial charge on any atom is 0.264 e. The van der Waals surface area contributed by atoms with E-state index < -0.39 is 11.7 Å². The maximum atomic E-state index is 13.0. The van der Waals surface area contributed by atoms with Gasteiger partial charge in [0.05, 0.1) is 11.9 Å². The van der Waals surface area contributed by atoms with Gasteiger partial charge in [0.1, 0.15) is 24.1 Å². The predicted molar refractivity (Wildman–Crippen MR) is 85.5 cm³/mol. The third-order valence-corrected chi connectivity index (χ3v) is 3.89. The van der Waals surface area contributed by atoms with Crippen LogP contribution in [0.2, 0.25) is 0 Å². The number of benzene rings is 1. The second-order valence-corrected chi connectivity index (χ2v) is 5.71. The van der Waals surface area contributed by atoms with Gasteiger partial charge in [0, 0.05) is 11.5 Å². The van der Waals surface area contributed by atoms with Crippen LogP contribution in [-0.4, -0.2) is 25.2 Å². The van der Waals surface area contributed by atoms with Crippen molar-refractivity contribution >= 4 is 38.6 Å². The van der Waals surface area contributed by atoms with Crippen LogP contribution in [0.1, 0.15) is 0 Å². The van der Waals surface area contributed by atoms with Crippen LogP contribution in [-0.2, 0) is 18.4 Å². The lowest BCUT2D eigenvalue weighted by molar-refractivity contribution is -0.116. The topological polar surface area (TPSA) is 81.8 Å². The van der Waals surface area contributed by atoms with Crippen LogP contribution in [0.15, 0.2) is 40.0 Å². The molecule has 0 aliphatic heterocycles. The van der Waals surface area contributed by atoms with Crippen molar-refractivity contribution in [1.29, 1.82) is 0 Å². The molecule has 0 saturated carbocycles. The summed E-state index contributed by atoms with van der Waals surface area (Å²) in [5.74, 6) is -0.846. The van der Waals surface area contributed by atoms with E-state index in [-0.39, 0.29) is 12.1 Å². The minimum absolute atomic E-state index is 0.208. The van der Waals surface area contributed by atoms with Crippen LogP contribution in [0, 0.1) is 5.82 Å². The molecule has 118 valence electrons. The quantitative estimate of drug-likeness (QED) is 0.750. The van der Waals surface area contributed by atoms with E-state index in [9.17, 15) is 14.0 Å². The summed E-state index contributed by atoms with van der Waals surface area (Å²) in [6.45, 7) is -0.208. The summed E-state index contributed by atoms with van der Waals surface area (Å²) in [7, 11) is 1.68. The number of fused-ring (bicyclic) bond motifs is 1. The van der Waals surface area contributed by atoms with Crippen LogP contribution in [0.3, 0.4) is 0 Å². The minimum atomic E-state index is -0.426. The Morgan fingerprint density at radius 2 is 2.22 bits per heavy atom. The third kappa shape index (κ3) is 3.00. The number of nitrogens with one attached hydrogen (secondary N) is 1. The van der Waals surface area contributed by atoms with E-state index in [1.54, 1.807) is 7.05 Å². The Morgan fingerprint density at radius 1 is 1.43 bits per heavy atom. The molecule has 0 bridgehead atoms. The SMILES string of the molecule is Cn1ncc2c(=O)n(CC(=O)Nc3ccc(F)cc3Br)cnc21. The molecule has 1 aromatic carbocycles. The smallest absolute Gasteiger partial charge is 0.264 e. The zero-order valence-electron chi connectivity index (χ0n) is 12.0. The Hall–Kier alpha value is -2.55. The zero-order valence-corrected chi connectivity index (χ0v) is 13.5. The molecule has 2 aromatic heterocycles. The monoisotopic (exact) mass is 379 g/mol. The Morgan fingerprint density at radius 3 is 2.96 bits per heavy atom. The molecule has 0 aliphatic carbocycles. The highest BCUT2D eigenvalue weighted by atomic mass is 79.9. The number of carbonyl (C=O) groups is 1. The summed E-state index contributed by atoms with van der Waals surface area (Å²) in [4.78, 5) is 28.5. The molecule has 2 heterocycles. The number of anilines is 1. The largest absolute Gasteiger partial charge is 0.323 e. The summed E-state index contributed by atoms with van der Waals surface area (Å²) >= 11 is 3.16. The number of hydrogen-bond acceptors (Lipinski definition) is 4. The van der Waals surface area contributed by atoms with E-state index in [2.05, 4.69) is 31.3 Å². The lowest BCUT2D eigenvalue weighted by Gasteiger charge is -2.09. The first-order valence-electron chi connectivity index (χ1n) is 6.58. The molecule has 0 atom stereocenters. The summed E-state index contributed by atoms with van der Waals surface area (Å²) in [6, 6.07) is 3.91. The highest BCUT2D eigenvalue weighted by Gasteiger charge is 2.12. The first-order valence-corrected chi connectivity index (χ1v) is 7.37. The lowest BCUT2D eigenvalue weighted by atomic mass is 10.3. The van der Waals surface area contributed by atoms with E-state index >= 15 is 0 Å². The van der Waals surface area contributed by atoms with Gasteiger partial charge in [-0.05, 0) is 34.1 Å². The molecular weight excluding hydrogens is 369 g/mol. The molecule has 3 rings (SSSR count). The Bertz CT molecular complexity index is 965. The van der Waals surface area contributed by atoms with Gasteiger partial charge in [-0.3, -0.25) is 18.8 Å². The van der Waals surface area contributed by atoms with E-state index in [0.717, 1.165) is 0 Å². The molecule has 1 N–H and O–H groups in total. The first-order chi connectivity index (χ1) is 11.0. The summed E-state index contributed by atoms with van der Waals surface area (Å²) in [5, 5.41) is 6.91. The maximum absolute atomic E-state index is 13.0. The minimum Gasteiger partial charge on any atom is -0.323 e. The number of amides is 1. The van der Waals surface area contributed by atoms with Gasteiger partial charge in [-0.25, -0.2) is 9.37 Å². The normalized spacial score (nSPS) is 10.9. The van der Waals surface area contributed by atoms with Crippen molar-refractivity contribution in [3.8, 4) is 0 Å². The predicted octanol–water partition coefficient (Wildman–Crippen LogP) is 1.67. The van der Waals surface area contributed by atoms with Gasteiger partial charge in [0.2, 0.25) is 5.91 Å². The molecular formula is C14H11BrFN5O2. The molecule has 0 unspecified atom stereocenters. The summed E-state index contributed by atoms with van der Waals surface area (Å²) in [5.41, 5.74) is 0.518. The summed E-state index contributed by atoms with van der Waals surface area (Å²) in [6.07, 6.45) is 2.71. The third-order valence-electron chi connectivity index (χ3n) is 3.24. The molecule has 9 heteroatoms. The van der Waals surface area contributed by atoms with Gasteiger partial charge in [-0.15, -0.1) is 0 Å². The van der Waals surface area contributed by atoms with Gasteiger partial charge in [-0.1, -0.05) is 0 Å². The van der Waals surface area contributed by atoms with Crippen molar-refractivity contribution in [2.75, 3.05) is 5.32 Å². The van der Waals surface area contributed by atoms with Crippen LogP contribution in [0.25, 0.3) is 11.0 Å². The fourth-order valence-electron chi connectivity index (χ4n) is 2.11. The lowest BCUT2D eigenvalue weighted by Crippen LogP contribution is -2.27. The molecule has 1 amide bonds. The number of halogens is 2. The molecule has 3 aromatic rings. The van der Waals surface area contributed by atoms with Crippen molar-refractivity contribution in [2.24, 2.45) is 7.05 Å². The molecule has 0 radical (unpaired) electrons. The van der Waals surface area contributed by atoms with E-state index in [1.165, 1.54) is 40.0 Å². The number of rotatable bonds is 3. The zero-order chi connectivity index (χ0) is 16.6. The van der Waals surface area contributed by atoms with Crippen LogP contribution in [0.4, 0.5) is 10.1 Å². The standard InChI is InChI=1S/C14H11BrFN5O2/c1-20-13-9(5-18-20)14(23)21(7-17-13)6-12(22)19-11-3-2-8(16)4-10(11)15/h2-5,7H,6H2,1H3,(H,19,22). The second kappa shape index (κ2) is 5.92. The highest BCUT2D eigenvalue weighted by molar-refractivity contribution is 9.10. The van der Waals surface area contributed by atoms with Gasteiger partial charge in [0.25, 0.3) is 5.56 Å². The van der Waals surface area contributed by atoms with Crippen molar-refractivity contribution in [3.63, 3.8) is 0 Å². The fraction of sp³-hybridized carbons (Fsp3) is 0.143. The van der Waals surface area contributed by atoms with E-state index in [0.29, 0.717) is 21.2 Å². The van der Waals surface area contributed by atoms with Gasteiger partial charge in [-0.2, -0.15) is 5.10 Å². The number of aryl methyl sites for hydroxylation is 1. The van der Waals surface area contributed by atoms with Crippen molar-refractivity contribution < 1.29 is 9.18 Å². The first kappa shape index (κ1) is 15.3. The molecule has 0 fully saturated rings. The number of hydrogen-bond donors (Lipinski definition) is 1. The van der Waals surface area contributed by atoms with Gasteiger partial charge in [0.15, 0.2) is 5.65 Å². The molecule has 23 heavy (non-hydrogen) atoms. The fourth-order valence-corrected chi connectivity index (χ4v) is 2.56. The molecule has 0 aliphatic rings. The van der Waals surface area contributed by atoms with Crippen molar-refractivity contribution in [2.45, 2.75) is 6.54 Å². The Kier molecular flexibility index (Phi) is 3.95. The molecule has 7 nitrogen and oxygen atoms in total. The van der Waals surface area contributed by atoms with E-state index in [4.69, 9.17) is 0 Å². The number of carbonyl (C=O) groups excluding carboxylic acids is 1. The van der Waals surface area contributed by atoms with E-state index in [1.807, 2.05) is 0 Å². The van der Waals surface area contributed by atoms with Gasteiger partial charge < -0.3 is 5.32 Å².